The number of para-hydroxylation sites is 1. The molecule has 0 radical (unpaired) electrons. The second-order valence-electron chi connectivity index (χ2n) is 6.99. The molecule has 0 aliphatic carbocycles. The third kappa shape index (κ3) is 3.83. The van der Waals surface area contributed by atoms with Crippen molar-refractivity contribution in [3.63, 3.8) is 0 Å². The van der Waals surface area contributed by atoms with Gasteiger partial charge in [-0.2, -0.15) is 0 Å². The number of rotatable bonds is 5. The number of benzene rings is 3. The van der Waals surface area contributed by atoms with Crippen LogP contribution in [-0.4, -0.2) is 15.5 Å². The second kappa shape index (κ2) is 8.15. The first-order chi connectivity index (χ1) is 14.1. The van der Waals surface area contributed by atoms with Gasteiger partial charge in [-0.3, -0.25) is 4.79 Å². The first kappa shape index (κ1) is 18.7. The maximum absolute atomic E-state index is 13.2. The summed E-state index contributed by atoms with van der Waals surface area (Å²) in [5, 5.41) is 3.18. The third-order valence-corrected chi connectivity index (χ3v) is 5.05. The van der Waals surface area contributed by atoms with Crippen molar-refractivity contribution >= 4 is 5.91 Å². The van der Waals surface area contributed by atoms with Gasteiger partial charge in [0.2, 0.25) is 0 Å². The van der Waals surface area contributed by atoms with Gasteiger partial charge in [-0.05, 0) is 37.1 Å². The molecule has 144 valence electrons. The minimum atomic E-state index is -0.244. The largest absolute Gasteiger partial charge is 0.340 e. The van der Waals surface area contributed by atoms with E-state index in [-0.39, 0.29) is 11.9 Å². The molecular weight excluding hydrogens is 358 g/mol. The van der Waals surface area contributed by atoms with Gasteiger partial charge in [0.25, 0.3) is 5.91 Å². The molecule has 4 nitrogen and oxygen atoms in total. The molecule has 0 saturated carbocycles. The SMILES string of the molecule is Cc1nc(C(=O)NC(c2ccccc2)c2ccccc2)c(C)n1-c1ccccc1. The van der Waals surface area contributed by atoms with E-state index in [9.17, 15) is 4.79 Å². The normalized spacial score (nSPS) is 10.9. The molecule has 1 heterocycles. The van der Waals surface area contributed by atoms with E-state index in [4.69, 9.17) is 0 Å². The fraction of sp³-hybridized carbons (Fsp3) is 0.120. The van der Waals surface area contributed by atoms with E-state index in [0.717, 1.165) is 28.3 Å². The van der Waals surface area contributed by atoms with Crippen LogP contribution in [0.1, 0.15) is 39.2 Å². The van der Waals surface area contributed by atoms with E-state index in [1.54, 1.807) is 0 Å². The topological polar surface area (TPSA) is 46.9 Å². The number of hydrogen-bond acceptors (Lipinski definition) is 2. The predicted octanol–water partition coefficient (Wildman–Crippen LogP) is 5.01. The summed E-state index contributed by atoms with van der Waals surface area (Å²) in [5.74, 6) is 0.604. The van der Waals surface area contributed by atoms with Gasteiger partial charge < -0.3 is 9.88 Å². The second-order valence-corrected chi connectivity index (χ2v) is 6.99. The molecule has 1 N–H and O–H groups in total. The number of hydrogen-bond donors (Lipinski definition) is 1. The maximum atomic E-state index is 13.2. The molecule has 4 aromatic rings. The number of aromatic nitrogens is 2. The monoisotopic (exact) mass is 381 g/mol. The van der Waals surface area contributed by atoms with Crippen LogP contribution in [0.5, 0.6) is 0 Å². The van der Waals surface area contributed by atoms with Crippen LogP contribution in [0.2, 0.25) is 0 Å². The summed E-state index contributed by atoms with van der Waals surface area (Å²) in [7, 11) is 0. The summed E-state index contributed by atoms with van der Waals surface area (Å²) in [6.45, 7) is 3.85. The maximum Gasteiger partial charge on any atom is 0.272 e. The van der Waals surface area contributed by atoms with Crippen LogP contribution in [0, 0.1) is 13.8 Å². The van der Waals surface area contributed by atoms with E-state index < -0.39 is 0 Å². The lowest BCUT2D eigenvalue weighted by atomic mass is 9.98. The molecule has 0 fully saturated rings. The van der Waals surface area contributed by atoms with Gasteiger partial charge in [-0.15, -0.1) is 0 Å². The Morgan fingerprint density at radius 2 is 1.28 bits per heavy atom. The van der Waals surface area contributed by atoms with Gasteiger partial charge in [-0.1, -0.05) is 78.9 Å². The lowest BCUT2D eigenvalue weighted by molar-refractivity contribution is 0.0937. The fourth-order valence-electron chi connectivity index (χ4n) is 3.66. The first-order valence-electron chi connectivity index (χ1n) is 9.67. The predicted molar refractivity (Wildman–Crippen MR) is 115 cm³/mol. The number of carbonyl (C=O) groups is 1. The Balaban J connectivity index is 1.69. The van der Waals surface area contributed by atoms with Crippen molar-refractivity contribution in [3.8, 4) is 5.69 Å². The number of aryl methyl sites for hydroxylation is 1. The molecule has 0 aliphatic rings. The van der Waals surface area contributed by atoms with Crippen LogP contribution in [0.3, 0.4) is 0 Å². The molecule has 0 atom stereocenters. The highest BCUT2D eigenvalue weighted by molar-refractivity contribution is 5.94. The van der Waals surface area contributed by atoms with E-state index in [1.807, 2.05) is 109 Å². The Hall–Kier alpha value is -3.66. The van der Waals surface area contributed by atoms with E-state index in [2.05, 4.69) is 10.3 Å². The molecular formula is C25H23N3O. The van der Waals surface area contributed by atoms with Crippen molar-refractivity contribution in [2.24, 2.45) is 0 Å². The van der Waals surface area contributed by atoms with Crippen molar-refractivity contribution in [1.29, 1.82) is 0 Å². The first-order valence-corrected chi connectivity index (χ1v) is 9.67. The lowest BCUT2D eigenvalue weighted by Gasteiger charge is -2.19. The molecule has 4 heteroatoms. The zero-order chi connectivity index (χ0) is 20.2. The average Bonchev–Trinajstić information content (AvgIpc) is 3.07. The van der Waals surface area contributed by atoms with Crippen molar-refractivity contribution in [3.05, 3.63) is 119 Å². The number of amides is 1. The molecule has 29 heavy (non-hydrogen) atoms. The number of nitrogens with one attached hydrogen (secondary N) is 1. The minimum absolute atomic E-state index is 0.182. The zero-order valence-corrected chi connectivity index (χ0v) is 16.5. The van der Waals surface area contributed by atoms with Gasteiger partial charge in [0, 0.05) is 5.69 Å². The van der Waals surface area contributed by atoms with Crippen LogP contribution in [0.25, 0.3) is 5.69 Å². The van der Waals surface area contributed by atoms with E-state index in [0.29, 0.717) is 5.69 Å². The van der Waals surface area contributed by atoms with E-state index >= 15 is 0 Å². The van der Waals surface area contributed by atoms with Crippen LogP contribution >= 0.6 is 0 Å². The number of carbonyl (C=O) groups excluding carboxylic acids is 1. The highest BCUT2D eigenvalue weighted by Gasteiger charge is 2.23. The average molecular weight is 381 g/mol. The quantitative estimate of drug-likeness (QED) is 0.528. The Labute approximate surface area is 170 Å². The third-order valence-electron chi connectivity index (χ3n) is 5.05. The standard InChI is InChI=1S/C25H23N3O/c1-18-23(26-19(2)28(18)22-16-10-5-11-17-22)25(29)27-24(20-12-6-3-7-13-20)21-14-8-4-9-15-21/h3-17,24H,1-2H3,(H,27,29). The highest BCUT2D eigenvalue weighted by atomic mass is 16.2. The number of imidazole rings is 1. The molecule has 3 aromatic carbocycles. The Morgan fingerprint density at radius 1 is 0.793 bits per heavy atom. The summed E-state index contributed by atoms with van der Waals surface area (Å²) < 4.78 is 2.01. The summed E-state index contributed by atoms with van der Waals surface area (Å²) in [6, 6.07) is 29.7. The molecule has 0 bridgehead atoms. The van der Waals surface area contributed by atoms with Gasteiger partial charge in [0.15, 0.2) is 0 Å². The van der Waals surface area contributed by atoms with Crippen molar-refractivity contribution in [1.82, 2.24) is 14.9 Å². The van der Waals surface area contributed by atoms with Gasteiger partial charge in [0.1, 0.15) is 11.5 Å². The van der Waals surface area contributed by atoms with Crippen LogP contribution in [0.15, 0.2) is 91.0 Å². The summed E-state index contributed by atoms with van der Waals surface area (Å²) in [4.78, 5) is 17.8. The summed E-state index contributed by atoms with van der Waals surface area (Å²) in [6.07, 6.45) is 0. The van der Waals surface area contributed by atoms with Crippen LogP contribution in [0.4, 0.5) is 0 Å². The van der Waals surface area contributed by atoms with Crippen LogP contribution < -0.4 is 5.32 Å². The summed E-state index contributed by atoms with van der Waals surface area (Å²) in [5.41, 5.74) is 4.33. The fourth-order valence-corrected chi connectivity index (χ4v) is 3.66. The highest BCUT2D eigenvalue weighted by Crippen LogP contribution is 2.23. The summed E-state index contributed by atoms with van der Waals surface area (Å²) >= 11 is 0. The van der Waals surface area contributed by atoms with Crippen molar-refractivity contribution < 1.29 is 4.79 Å². The lowest BCUT2D eigenvalue weighted by Crippen LogP contribution is -2.30. The molecule has 0 spiro atoms. The van der Waals surface area contributed by atoms with Gasteiger partial charge in [-0.25, -0.2) is 4.98 Å². The molecule has 1 aromatic heterocycles. The molecule has 1 amide bonds. The molecule has 0 unspecified atom stereocenters. The molecule has 0 saturated heterocycles. The zero-order valence-electron chi connectivity index (χ0n) is 16.5. The Morgan fingerprint density at radius 3 is 1.79 bits per heavy atom. The molecule has 0 aliphatic heterocycles. The Kier molecular flexibility index (Phi) is 5.25. The Bertz CT molecular complexity index is 1060. The van der Waals surface area contributed by atoms with Crippen molar-refractivity contribution in [2.45, 2.75) is 19.9 Å². The van der Waals surface area contributed by atoms with Crippen LogP contribution in [-0.2, 0) is 0 Å². The van der Waals surface area contributed by atoms with Crippen molar-refractivity contribution in [2.75, 3.05) is 0 Å². The van der Waals surface area contributed by atoms with E-state index in [1.165, 1.54) is 0 Å². The smallest absolute Gasteiger partial charge is 0.272 e. The van der Waals surface area contributed by atoms with Gasteiger partial charge >= 0.3 is 0 Å². The van der Waals surface area contributed by atoms with Gasteiger partial charge in [0.05, 0.1) is 11.7 Å². The minimum Gasteiger partial charge on any atom is -0.340 e. The number of nitrogens with zero attached hydrogens (tertiary/aromatic N) is 2. The molecule has 4 rings (SSSR count).